The summed E-state index contributed by atoms with van der Waals surface area (Å²) < 4.78 is 1.50. The third-order valence-electron chi connectivity index (χ3n) is 0.920. The second kappa shape index (κ2) is 2.25. The van der Waals surface area contributed by atoms with E-state index in [0.717, 1.165) is 0 Å². The van der Waals surface area contributed by atoms with E-state index in [1.54, 1.807) is 7.05 Å². The van der Waals surface area contributed by atoms with E-state index in [4.69, 9.17) is 5.21 Å². The standard InChI is InChI=1S/C4H6N4O/c1-8-4(2-7-9)5-3-6-8/h2-3,9H,1H3. The van der Waals surface area contributed by atoms with Gasteiger partial charge in [0.15, 0.2) is 5.82 Å². The summed E-state index contributed by atoms with van der Waals surface area (Å²) in [6.07, 6.45) is 2.60. The van der Waals surface area contributed by atoms with Gasteiger partial charge in [-0.25, -0.2) is 9.67 Å². The minimum Gasteiger partial charge on any atom is -0.411 e. The maximum atomic E-state index is 8.05. The van der Waals surface area contributed by atoms with Gasteiger partial charge in [-0.2, -0.15) is 5.10 Å². The molecule has 1 aromatic heterocycles. The lowest BCUT2D eigenvalue weighted by molar-refractivity contribution is 0.321. The van der Waals surface area contributed by atoms with Crippen LogP contribution in [0.1, 0.15) is 5.82 Å². The molecule has 0 saturated heterocycles. The van der Waals surface area contributed by atoms with E-state index < -0.39 is 0 Å². The fraction of sp³-hybridized carbons (Fsp3) is 0.250. The molecule has 0 radical (unpaired) electrons. The number of aryl methyl sites for hydroxylation is 1. The van der Waals surface area contributed by atoms with Crippen LogP contribution < -0.4 is 0 Å². The Bertz CT molecular complexity index is 216. The zero-order valence-corrected chi connectivity index (χ0v) is 4.89. The quantitative estimate of drug-likeness (QED) is 0.317. The van der Waals surface area contributed by atoms with Crippen LogP contribution in [0.5, 0.6) is 0 Å². The molecule has 0 spiro atoms. The van der Waals surface area contributed by atoms with Crippen LogP contribution in [0.3, 0.4) is 0 Å². The van der Waals surface area contributed by atoms with E-state index >= 15 is 0 Å². The van der Waals surface area contributed by atoms with Crippen LogP contribution in [-0.4, -0.2) is 26.2 Å². The molecule has 0 amide bonds. The first-order chi connectivity index (χ1) is 4.34. The summed E-state index contributed by atoms with van der Waals surface area (Å²) in [6.45, 7) is 0. The molecular weight excluding hydrogens is 120 g/mol. The molecule has 1 N–H and O–H groups in total. The number of rotatable bonds is 1. The fourth-order valence-electron chi connectivity index (χ4n) is 0.474. The number of hydrogen-bond donors (Lipinski definition) is 1. The highest BCUT2D eigenvalue weighted by molar-refractivity contribution is 5.73. The smallest absolute Gasteiger partial charge is 0.172 e. The molecule has 1 heterocycles. The van der Waals surface area contributed by atoms with E-state index in [9.17, 15) is 0 Å². The molecule has 0 bridgehead atoms. The van der Waals surface area contributed by atoms with E-state index in [0.29, 0.717) is 5.82 Å². The van der Waals surface area contributed by atoms with Crippen molar-refractivity contribution < 1.29 is 5.21 Å². The first-order valence-electron chi connectivity index (χ1n) is 2.36. The molecule has 5 nitrogen and oxygen atoms in total. The summed E-state index contributed by atoms with van der Waals surface area (Å²) in [5.41, 5.74) is 0. The summed E-state index contributed by atoms with van der Waals surface area (Å²) in [7, 11) is 1.71. The van der Waals surface area contributed by atoms with Gasteiger partial charge in [-0.1, -0.05) is 5.16 Å². The lowest BCUT2D eigenvalue weighted by Gasteiger charge is -1.86. The molecule has 0 aliphatic heterocycles. The van der Waals surface area contributed by atoms with Crippen LogP contribution >= 0.6 is 0 Å². The Morgan fingerprint density at radius 1 is 1.89 bits per heavy atom. The molecule has 48 valence electrons. The van der Waals surface area contributed by atoms with Gasteiger partial charge >= 0.3 is 0 Å². The molecular formula is C4H6N4O. The predicted molar refractivity (Wildman–Crippen MR) is 30.4 cm³/mol. The number of nitrogens with zero attached hydrogens (tertiary/aromatic N) is 4. The normalized spacial score (nSPS) is 10.8. The zero-order valence-electron chi connectivity index (χ0n) is 4.89. The maximum Gasteiger partial charge on any atom is 0.172 e. The fourth-order valence-corrected chi connectivity index (χ4v) is 0.474. The molecule has 0 aliphatic rings. The lowest BCUT2D eigenvalue weighted by Crippen LogP contribution is -1.97. The van der Waals surface area contributed by atoms with Crippen molar-refractivity contribution in [2.45, 2.75) is 0 Å². The van der Waals surface area contributed by atoms with Gasteiger partial charge in [0.25, 0.3) is 0 Å². The monoisotopic (exact) mass is 126 g/mol. The summed E-state index contributed by atoms with van der Waals surface area (Å²) in [5.74, 6) is 0.525. The van der Waals surface area contributed by atoms with Gasteiger partial charge < -0.3 is 5.21 Å². The second-order valence-electron chi connectivity index (χ2n) is 1.49. The Morgan fingerprint density at radius 3 is 3.11 bits per heavy atom. The van der Waals surface area contributed by atoms with E-state index in [-0.39, 0.29) is 0 Å². The summed E-state index contributed by atoms with van der Waals surface area (Å²) >= 11 is 0. The second-order valence-corrected chi connectivity index (χ2v) is 1.49. The number of hydrogen-bond acceptors (Lipinski definition) is 4. The van der Waals surface area contributed by atoms with Crippen LogP contribution in [0, 0.1) is 0 Å². The Labute approximate surface area is 51.6 Å². The van der Waals surface area contributed by atoms with Crippen molar-refractivity contribution in [3.05, 3.63) is 12.2 Å². The van der Waals surface area contributed by atoms with E-state index in [1.807, 2.05) is 0 Å². The Morgan fingerprint density at radius 2 is 2.67 bits per heavy atom. The number of oxime groups is 1. The van der Waals surface area contributed by atoms with Crippen molar-refractivity contribution in [3.8, 4) is 0 Å². The summed E-state index contributed by atoms with van der Waals surface area (Å²) in [5, 5.41) is 14.6. The molecule has 0 atom stereocenters. The first-order valence-corrected chi connectivity index (χ1v) is 2.36. The van der Waals surface area contributed by atoms with E-state index in [1.165, 1.54) is 17.2 Å². The lowest BCUT2D eigenvalue weighted by atomic mass is 10.7. The molecule has 1 aromatic rings. The van der Waals surface area contributed by atoms with Crippen molar-refractivity contribution in [1.29, 1.82) is 0 Å². The third-order valence-corrected chi connectivity index (χ3v) is 0.920. The largest absolute Gasteiger partial charge is 0.411 e. The minimum atomic E-state index is 0.525. The Balaban J connectivity index is 2.94. The maximum absolute atomic E-state index is 8.05. The van der Waals surface area contributed by atoms with Crippen LogP contribution in [0.4, 0.5) is 0 Å². The Hall–Kier alpha value is -1.39. The van der Waals surface area contributed by atoms with Crippen molar-refractivity contribution in [3.63, 3.8) is 0 Å². The van der Waals surface area contributed by atoms with Crippen molar-refractivity contribution >= 4 is 6.21 Å². The van der Waals surface area contributed by atoms with E-state index in [2.05, 4.69) is 15.2 Å². The molecule has 1 rings (SSSR count). The highest BCUT2D eigenvalue weighted by atomic mass is 16.4. The third kappa shape index (κ3) is 1.04. The van der Waals surface area contributed by atoms with Crippen LogP contribution in [0.2, 0.25) is 0 Å². The SMILES string of the molecule is Cn1ncnc1C=NO. The zero-order chi connectivity index (χ0) is 6.69. The molecule has 0 fully saturated rings. The first kappa shape index (κ1) is 5.74. The average molecular weight is 126 g/mol. The van der Waals surface area contributed by atoms with Crippen molar-refractivity contribution in [2.24, 2.45) is 12.2 Å². The van der Waals surface area contributed by atoms with Crippen LogP contribution in [-0.2, 0) is 7.05 Å². The van der Waals surface area contributed by atoms with Gasteiger partial charge in [0.2, 0.25) is 0 Å². The summed E-state index contributed by atoms with van der Waals surface area (Å²) in [6, 6.07) is 0. The molecule has 0 aromatic carbocycles. The van der Waals surface area contributed by atoms with Gasteiger partial charge in [-0.05, 0) is 0 Å². The van der Waals surface area contributed by atoms with Crippen LogP contribution in [0.25, 0.3) is 0 Å². The molecule has 0 unspecified atom stereocenters. The molecule has 9 heavy (non-hydrogen) atoms. The van der Waals surface area contributed by atoms with Crippen molar-refractivity contribution in [2.75, 3.05) is 0 Å². The van der Waals surface area contributed by atoms with Gasteiger partial charge in [-0.3, -0.25) is 0 Å². The summed E-state index contributed by atoms with van der Waals surface area (Å²) in [4.78, 5) is 3.75. The average Bonchev–Trinajstić information content (AvgIpc) is 2.18. The Kier molecular flexibility index (Phi) is 1.44. The highest BCUT2D eigenvalue weighted by Gasteiger charge is 1.92. The topological polar surface area (TPSA) is 63.3 Å². The molecule has 0 saturated carbocycles. The highest BCUT2D eigenvalue weighted by Crippen LogP contribution is 1.82. The van der Waals surface area contributed by atoms with Gasteiger partial charge in [-0.15, -0.1) is 0 Å². The van der Waals surface area contributed by atoms with Crippen molar-refractivity contribution in [1.82, 2.24) is 14.8 Å². The van der Waals surface area contributed by atoms with Gasteiger partial charge in [0, 0.05) is 7.05 Å². The van der Waals surface area contributed by atoms with Crippen LogP contribution in [0.15, 0.2) is 11.5 Å². The molecule has 0 aliphatic carbocycles. The predicted octanol–water partition coefficient (Wildman–Crippen LogP) is -0.377. The van der Waals surface area contributed by atoms with Gasteiger partial charge in [0.05, 0.1) is 0 Å². The minimum absolute atomic E-state index is 0.525. The molecule has 5 heteroatoms. The number of aromatic nitrogens is 3. The van der Waals surface area contributed by atoms with Gasteiger partial charge in [0.1, 0.15) is 12.5 Å².